The van der Waals surface area contributed by atoms with E-state index in [-0.39, 0.29) is 12.7 Å². The smallest absolute Gasteiger partial charge is 0.104 e. The molecular formula is C15H21ClN2O2S. The number of likely N-dealkylation sites (tertiary alicyclic amines) is 1. The molecule has 0 spiro atoms. The molecule has 1 saturated heterocycles. The SMILES string of the molecule is NC(=S)c1ccc(CN2CCC(OCCO)CC2)c(Cl)c1. The summed E-state index contributed by atoms with van der Waals surface area (Å²) in [6, 6.07) is 5.74. The van der Waals surface area contributed by atoms with E-state index < -0.39 is 0 Å². The van der Waals surface area contributed by atoms with Crippen LogP contribution in [-0.2, 0) is 11.3 Å². The Labute approximate surface area is 135 Å². The third kappa shape index (κ3) is 4.90. The highest BCUT2D eigenvalue weighted by atomic mass is 35.5. The molecule has 1 fully saturated rings. The average Bonchev–Trinajstić information content (AvgIpc) is 2.48. The van der Waals surface area contributed by atoms with Gasteiger partial charge in [-0.15, -0.1) is 0 Å². The lowest BCUT2D eigenvalue weighted by atomic mass is 10.1. The van der Waals surface area contributed by atoms with Crippen molar-refractivity contribution in [3.05, 3.63) is 34.3 Å². The second-order valence-electron chi connectivity index (χ2n) is 5.24. The molecule has 21 heavy (non-hydrogen) atoms. The number of ether oxygens (including phenoxy) is 1. The molecule has 1 aliphatic heterocycles. The predicted molar refractivity (Wildman–Crippen MR) is 88.7 cm³/mol. The first-order chi connectivity index (χ1) is 10.1. The zero-order valence-electron chi connectivity index (χ0n) is 11.9. The van der Waals surface area contributed by atoms with Gasteiger partial charge in [-0.2, -0.15) is 0 Å². The van der Waals surface area contributed by atoms with Crippen LogP contribution in [0, 0.1) is 0 Å². The van der Waals surface area contributed by atoms with Crippen LogP contribution in [0.3, 0.4) is 0 Å². The maximum atomic E-state index is 8.77. The molecule has 1 heterocycles. The Bertz CT molecular complexity index is 491. The maximum absolute atomic E-state index is 8.77. The Kier molecular flexibility index (Phi) is 6.39. The lowest BCUT2D eigenvalue weighted by molar-refractivity contribution is -0.00900. The summed E-state index contributed by atoms with van der Waals surface area (Å²) in [7, 11) is 0. The highest BCUT2D eigenvalue weighted by molar-refractivity contribution is 7.80. The minimum atomic E-state index is 0.0885. The highest BCUT2D eigenvalue weighted by Gasteiger charge is 2.20. The molecule has 116 valence electrons. The van der Waals surface area contributed by atoms with Crippen LogP contribution in [0.2, 0.25) is 5.02 Å². The molecule has 2 rings (SSSR count). The van der Waals surface area contributed by atoms with Crippen molar-refractivity contribution in [3.8, 4) is 0 Å². The molecule has 0 atom stereocenters. The number of aliphatic hydroxyl groups is 1. The molecule has 0 unspecified atom stereocenters. The quantitative estimate of drug-likeness (QED) is 0.782. The van der Waals surface area contributed by atoms with Gasteiger partial charge < -0.3 is 15.6 Å². The van der Waals surface area contributed by atoms with Crippen molar-refractivity contribution in [1.82, 2.24) is 4.90 Å². The van der Waals surface area contributed by atoms with Gasteiger partial charge in [0.25, 0.3) is 0 Å². The van der Waals surface area contributed by atoms with E-state index in [9.17, 15) is 0 Å². The molecule has 0 amide bonds. The molecule has 4 nitrogen and oxygen atoms in total. The van der Waals surface area contributed by atoms with E-state index in [4.69, 9.17) is 39.4 Å². The van der Waals surface area contributed by atoms with Crippen molar-refractivity contribution >= 4 is 28.8 Å². The fraction of sp³-hybridized carbons (Fsp3) is 0.533. The van der Waals surface area contributed by atoms with Gasteiger partial charge in [-0.05, 0) is 24.5 Å². The van der Waals surface area contributed by atoms with Gasteiger partial charge in [-0.1, -0.05) is 36.0 Å². The van der Waals surface area contributed by atoms with Crippen LogP contribution in [0.4, 0.5) is 0 Å². The van der Waals surface area contributed by atoms with Crippen LogP contribution in [0.25, 0.3) is 0 Å². The van der Waals surface area contributed by atoms with Crippen LogP contribution in [-0.4, -0.2) is 47.4 Å². The zero-order chi connectivity index (χ0) is 15.2. The zero-order valence-corrected chi connectivity index (χ0v) is 13.5. The number of halogens is 1. The number of nitrogens with two attached hydrogens (primary N) is 1. The predicted octanol–water partition coefficient (Wildman–Crippen LogP) is 1.95. The van der Waals surface area contributed by atoms with Crippen LogP contribution in [0.5, 0.6) is 0 Å². The molecule has 0 aromatic heterocycles. The number of thiocarbonyl (C=S) groups is 1. The number of rotatable bonds is 6. The van der Waals surface area contributed by atoms with E-state index in [1.165, 1.54) is 0 Å². The maximum Gasteiger partial charge on any atom is 0.104 e. The molecule has 0 radical (unpaired) electrons. The molecule has 1 aromatic carbocycles. The molecular weight excluding hydrogens is 308 g/mol. The van der Waals surface area contributed by atoms with Crippen LogP contribution >= 0.6 is 23.8 Å². The van der Waals surface area contributed by atoms with Gasteiger partial charge in [0.2, 0.25) is 0 Å². The van der Waals surface area contributed by atoms with E-state index in [0.717, 1.165) is 43.6 Å². The van der Waals surface area contributed by atoms with Gasteiger partial charge in [0, 0.05) is 30.2 Å². The van der Waals surface area contributed by atoms with Crippen LogP contribution < -0.4 is 5.73 Å². The Morgan fingerprint density at radius 3 is 2.71 bits per heavy atom. The van der Waals surface area contributed by atoms with Gasteiger partial charge in [-0.3, -0.25) is 4.90 Å². The van der Waals surface area contributed by atoms with Crippen LogP contribution in [0.15, 0.2) is 18.2 Å². The molecule has 0 saturated carbocycles. The van der Waals surface area contributed by atoms with Gasteiger partial charge in [0.05, 0.1) is 19.3 Å². The van der Waals surface area contributed by atoms with Gasteiger partial charge >= 0.3 is 0 Å². The Morgan fingerprint density at radius 2 is 2.14 bits per heavy atom. The Morgan fingerprint density at radius 1 is 1.43 bits per heavy atom. The summed E-state index contributed by atoms with van der Waals surface area (Å²) in [5.41, 5.74) is 7.49. The number of hydrogen-bond acceptors (Lipinski definition) is 4. The van der Waals surface area contributed by atoms with Crippen molar-refractivity contribution in [3.63, 3.8) is 0 Å². The molecule has 6 heteroatoms. The van der Waals surface area contributed by atoms with Gasteiger partial charge in [0.1, 0.15) is 4.99 Å². The molecule has 0 aliphatic carbocycles. The standard InChI is InChI=1S/C15H21ClN2O2S/c16-14-9-11(15(17)21)1-2-12(14)10-18-5-3-13(4-6-18)20-8-7-19/h1-2,9,13,19H,3-8,10H2,(H2,17,21). The number of aliphatic hydroxyl groups excluding tert-OH is 1. The number of hydrogen-bond donors (Lipinski definition) is 2. The lowest BCUT2D eigenvalue weighted by Crippen LogP contribution is -2.37. The number of piperidine rings is 1. The largest absolute Gasteiger partial charge is 0.394 e. The minimum Gasteiger partial charge on any atom is -0.394 e. The summed E-state index contributed by atoms with van der Waals surface area (Å²) >= 11 is 11.2. The van der Waals surface area contributed by atoms with E-state index in [1.54, 1.807) is 0 Å². The second kappa shape index (κ2) is 8.06. The van der Waals surface area contributed by atoms with E-state index in [2.05, 4.69) is 4.90 Å². The first kappa shape index (κ1) is 16.6. The van der Waals surface area contributed by atoms with Crippen molar-refractivity contribution < 1.29 is 9.84 Å². The first-order valence-corrected chi connectivity index (χ1v) is 7.92. The summed E-state index contributed by atoms with van der Waals surface area (Å²) in [6.45, 7) is 3.29. The molecule has 1 aliphatic rings. The topological polar surface area (TPSA) is 58.7 Å². The molecule has 3 N–H and O–H groups in total. The van der Waals surface area contributed by atoms with E-state index >= 15 is 0 Å². The Hall–Kier alpha value is -0.720. The highest BCUT2D eigenvalue weighted by Crippen LogP contribution is 2.22. The van der Waals surface area contributed by atoms with E-state index in [1.807, 2.05) is 18.2 Å². The third-order valence-corrected chi connectivity index (χ3v) is 4.30. The van der Waals surface area contributed by atoms with Crippen molar-refractivity contribution in [2.75, 3.05) is 26.3 Å². The third-order valence-electron chi connectivity index (χ3n) is 3.71. The Balaban J connectivity index is 1.87. The summed E-state index contributed by atoms with van der Waals surface area (Å²) < 4.78 is 5.57. The molecule has 1 aromatic rings. The van der Waals surface area contributed by atoms with E-state index in [0.29, 0.717) is 16.6 Å². The fourth-order valence-corrected chi connectivity index (χ4v) is 2.89. The monoisotopic (exact) mass is 328 g/mol. The van der Waals surface area contributed by atoms with Crippen molar-refractivity contribution in [1.29, 1.82) is 0 Å². The van der Waals surface area contributed by atoms with Crippen molar-refractivity contribution in [2.45, 2.75) is 25.5 Å². The summed E-state index contributed by atoms with van der Waals surface area (Å²) in [6.07, 6.45) is 2.24. The van der Waals surface area contributed by atoms with Gasteiger partial charge in [0.15, 0.2) is 0 Å². The van der Waals surface area contributed by atoms with Gasteiger partial charge in [-0.25, -0.2) is 0 Å². The van der Waals surface area contributed by atoms with Crippen LogP contribution in [0.1, 0.15) is 24.0 Å². The summed E-state index contributed by atoms with van der Waals surface area (Å²) in [5, 5.41) is 9.47. The minimum absolute atomic E-state index is 0.0885. The number of benzene rings is 1. The van der Waals surface area contributed by atoms with Crippen molar-refractivity contribution in [2.24, 2.45) is 5.73 Å². The summed E-state index contributed by atoms with van der Waals surface area (Å²) in [5.74, 6) is 0. The normalized spacial score (nSPS) is 17.0. The fourth-order valence-electron chi connectivity index (χ4n) is 2.52. The first-order valence-electron chi connectivity index (χ1n) is 7.13. The summed E-state index contributed by atoms with van der Waals surface area (Å²) in [4.78, 5) is 2.73. The lowest BCUT2D eigenvalue weighted by Gasteiger charge is -2.32. The second-order valence-corrected chi connectivity index (χ2v) is 6.09. The average molecular weight is 329 g/mol. The molecule has 0 bridgehead atoms. The number of nitrogens with zero attached hydrogens (tertiary/aromatic N) is 1.